The Kier molecular flexibility index (Phi) is 2.74. The maximum atomic E-state index is 5.12. The van der Waals surface area contributed by atoms with E-state index in [-0.39, 0.29) is 0 Å². The SMILES string of the molecule is CCc1c(OC)n[nH]c1C(C)C. The van der Waals surface area contributed by atoms with Crippen LogP contribution >= 0.6 is 0 Å². The molecule has 0 aliphatic heterocycles. The van der Waals surface area contributed by atoms with E-state index in [2.05, 4.69) is 31.0 Å². The highest BCUT2D eigenvalue weighted by Crippen LogP contribution is 2.24. The molecular weight excluding hydrogens is 152 g/mol. The van der Waals surface area contributed by atoms with E-state index in [1.165, 1.54) is 11.3 Å². The molecule has 0 saturated carbocycles. The van der Waals surface area contributed by atoms with Crippen molar-refractivity contribution in [2.75, 3.05) is 7.11 Å². The molecule has 0 radical (unpaired) electrons. The molecule has 3 heteroatoms. The first-order valence-electron chi connectivity index (χ1n) is 4.31. The number of rotatable bonds is 3. The molecule has 0 amide bonds. The summed E-state index contributed by atoms with van der Waals surface area (Å²) in [5.41, 5.74) is 2.39. The third-order valence-corrected chi connectivity index (χ3v) is 1.99. The molecule has 1 N–H and O–H groups in total. The van der Waals surface area contributed by atoms with Crippen LogP contribution in [0.4, 0.5) is 0 Å². The van der Waals surface area contributed by atoms with Gasteiger partial charge < -0.3 is 4.74 Å². The van der Waals surface area contributed by atoms with Crippen LogP contribution in [0.3, 0.4) is 0 Å². The van der Waals surface area contributed by atoms with Crippen molar-refractivity contribution < 1.29 is 4.74 Å². The Hall–Kier alpha value is -0.990. The standard InChI is InChI=1S/C9H16N2O/c1-5-7-8(6(2)3)10-11-9(7)12-4/h6H,5H2,1-4H3,(H,10,11). The fraction of sp³-hybridized carbons (Fsp3) is 0.667. The maximum absolute atomic E-state index is 5.12. The zero-order valence-electron chi connectivity index (χ0n) is 8.14. The van der Waals surface area contributed by atoms with Crippen LogP contribution in [0.5, 0.6) is 5.88 Å². The fourth-order valence-electron chi connectivity index (χ4n) is 1.35. The monoisotopic (exact) mass is 168 g/mol. The van der Waals surface area contributed by atoms with Crippen molar-refractivity contribution in [1.82, 2.24) is 10.2 Å². The second-order valence-electron chi connectivity index (χ2n) is 3.13. The van der Waals surface area contributed by atoms with Gasteiger partial charge >= 0.3 is 0 Å². The maximum Gasteiger partial charge on any atom is 0.235 e. The summed E-state index contributed by atoms with van der Waals surface area (Å²) in [5.74, 6) is 1.22. The first-order valence-corrected chi connectivity index (χ1v) is 4.31. The van der Waals surface area contributed by atoms with E-state index < -0.39 is 0 Å². The topological polar surface area (TPSA) is 37.9 Å². The average molecular weight is 168 g/mol. The lowest BCUT2D eigenvalue weighted by molar-refractivity contribution is 0.393. The molecule has 0 aliphatic carbocycles. The number of nitrogens with zero attached hydrogens (tertiary/aromatic N) is 1. The summed E-state index contributed by atoms with van der Waals surface area (Å²) in [7, 11) is 1.65. The zero-order chi connectivity index (χ0) is 9.14. The van der Waals surface area contributed by atoms with Crippen LogP contribution in [0, 0.1) is 0 Å². The Balaban J connectivity index is 3.05. The number of hydrogen-bond donors (Lipinski definition) is 1. The first-order chi connectivity index (χ1) is 5.70. The van der Waals surface area contributed by atoms with E-state index in [0.29, 0.717) is 5.92 Å². The molecule has 0 bridgehead atoms. The van der Waals surface area contributed by atoms with Crippen LogP contribution in [0.2, 0.25) is 0 Å². The van der Waals surface area contributed by atoms with Crippen molar-refractivity contribution >= 4 is 0 Å². The van der Waals surface area contributed by atoms with Gasteiger partial charge in [0.15, 0.2) is 0 Å². The van der Waals surface area contributed by atoms with E-state index in [1.807, 2.05) is 0 Å². The largest absolute Gasteiger partial charge is 0.480 e. The van der Waals surface area contributed by atoms with Gasteiger partial charge in [-0.05, 0) is 12.3 Å². The van der Waals surface area contributed by atoms with Gasteiger partial charge in [0.05, 0.1) is 7.11 Å². The minimum absolute atomic E-state index is 0.483. The average Bonchev–Trinajstić information content (AvgIpc) is 2.46. The lowest BCUT2D eigenvalue weighted by Crippen LogP contribution is -1.94. The highest BCUT2D eigenvalue weighted by molar-refractivity contribution is 5.32. The smallest absolute Gasteiger partial charge is 0.235 e. The van der Waals surface area contributed by atoms with Crippen LogP contribution in [0.1, 0.15) is 37.9 Å². The van der Waals surface area contributed by atoms with Gasteiger partial charge in [-0.25, -0.2) is 0 Å². The van der Waals surface area contributed by atoms with E-state index in [4.69, 9.17) is 4.74 Å². The zero-order valence-corrected chi connectivity index (χ0v) is 8.14. The molecule has 0 atom stereocenters. The van der Waals surface area contributed by atoms with Crippen LogP contribution < -0.4 is 4.74 Å². The van der Waals surface area contributed by atoms with Crippen molar-refractivity contribution in [2.24, 2.45) is 0 Å². The summed E-state index contributed by atoms with van der Waals surface area (Å²) >= 11 is 0. The molecule has 3 nitrogen and oxygen atoms in total. The lowest BCUT2D eigenvalue weighted by atomic mass is 10.0. The third kappa shape index (κ3) is 1.44. The predicted molar refractivity (Wildman–Crippen MR) is 48.6 cm³/mol. The van der Waals surface area contributed by atoms with Crippen LogP contribution in [-0.2, 0) is 6.42 Å². The number of methoxy groups -OCH3 is 1. The summed E-state index contributed by atoms with van der Waals surface area (Å²) < 4.78 is 5.12. The lowest BCUT2D eigenvalue weighted by Gasteiger charge is -2.04. The minimum Gasteiger partial charge on any atom is -0.480 e. The van der Waals surface area contributed by atoms with Crippen molar-refractivity contribution in [1.29, 1.82) is 0 Å². The van der Waals surface area contributed by atoms with Gasteiger partial charge in [0.25, 0.3) is 0 Å². The van der Waals surface area contributed by atoms with Crippen molar-refractivity contribution in [2.45, 2.75) is 33.1 Å². The van der Waals surface area contributed by atoms with Crippen molar-refractivity contribution in [3.63, 3.8) is 0 Å². The van der Waals surface area contributed by atoms with E-state index in [0.717, 1.165) is 12.3 Å². The summed E-state index contributed by atoms with van der Waals surface area (Å²) in [5, 5.41) is 7.08. The number of aromatic amines is 1. The molecule has 1 aromatic rings. The number of ether oxygens (including phenoxy) is 1. The molecule has 0 aromatic carbocycles. The summed E-state index contributed by atoms with van der Waals surface area (Å²) in [6, 6.07) is 0. The molecular formula is C9H16N2O. The van der Waals surface area contributed by atoms with E-state index in [9.17, 15) is 0 Å². The Morgan fingerprint density at radius 3 is 2.58 bits per heavy atom. The number of hydrogen-bond acceptors (Lipinski definition) is 2. The number of H-pyrrole nitrogens is 1. The summed E-state index contributed by atoms with van der Waals surface area (Å²) in [6.45, 7) is 6.40. The molecule has 0 fully saturated rings. The van der Waals surface area contributed by atoms with Gasteiger partial charge in [0.2, 0.25) is 5.88 Å². The molecule has 1 rings (SSSR count). The van der Waals surface area contributed by atoms with Gasteiger partial charge in [0, 0.05) is 11.3 Å². The first kappa shape index (κ1) is 9.10. The summed E-state index contributed by atoms with van der Waals surface area (Å²) in [6.07, 6.45) is 0.965. The molecule has 0 saturated heterocycles. The molecule has 1 aromatic heterocycles. The normalized spacial score (nSPS) is 10.8. The van der Waals surface area contributed by atoms with E-state index >= 15 is 0 Å². The van der Waals surface area contributed by atoms with Crippen LogP contribution in [0.15, 0.2) is 0 Å². The van der Waals surface area contributed by atoms with Crippen molar-refractivity contribution in [3.05, 3.63) is 11.3 Å². The number of aromatic nitrogens is 2. The second-order valence-corrected chi connectivity index (χ2v) is 3.13. The van der Waals surface area contributed by atoms with E-state index in [1.54, 1.807) is 7.11 Å². The highest BCUT2D eigenvalue weighted by Gasteiger charge is 2.13. The van der Waals surface area contributed by atoms with Gasteiger partial charge in [-0.2, -0.15) is 0 Å². The number of nitrogens with one attached hydrogen (secondary N) is 1. The van der Waals surface area contributed by atoms with Crippen LogP contribution in [-0.4, -0.2) is 17.3 Å². The minimum atomic E-state index is 0.483. The summed E-state index contributed by atoms with van der Waals surface area (Å²) in [4.78, 5) is 0. The van der Waals surface area contributed by atoms with Gasteiger partial charge in [0.1, 0.15) is 0 Å². The molecule has 68 valence electrons. The molecule has 0 unspecified atom stereocenters. The van der Waals surface area contributed by atoms with Crippen LogP contribution in [0.25, 0.3) is 0 Å². The Morgan fingerprint density at radius 1 is 1.50 bits per heavy atom. The predicted octanol–water partition coefficient (Wildman–Crippen LogP) is 2.10. The third-order valence-electron chi connectivity index (χ3n) is 1.99. The highest BCUT2D eigenvalue weighted by atomic mass is 16.5. The Labute approximate surface area is 73.1 Å². The molecule has 12 heavy (non-hydrogen) atoms. The second kappa shape index (κ2) is 3.61. The Bertz CT molecular complexity index is 253. The Morgan fingerprint density at radius 2 is 2.17 bits per heavy atom. The fourth-order valence-corrected chi connectivity index (χ4v) is 1.35. The molecule has 0 spiro atoms. The van der Waals surface area contributed by atoms with Gasteiger partial charge in [-0.3, -0.25) is 5.10 Å². The quantitative estimate of drug-likeness (QED) is 0.750. The molecule has 0 aliphatic rings. The van der Waals surface area contributed by atoms with Gasteiger partial charge in [-0.15, -0.1) is 5.10 Å². The van der Waals surface area contributed by atoms with Gasteiger partial charge in [-0.1, -0.05) is 20.8 Å². The molecule has 1 heterocycles. The van der Waals surface area contributed by atoms with Crippen molar-refractivity contribution in [3.8, 4) is 5.88 Å².